The van der Waals surface area contributed by atoms with Crippen LogP contribution >= 0.6 is 0 Å². The van der Waals surface area contributed by atoms with Crippen LogP contribution in [-0.4, -0.2) is 51.2 Å². The van der Waals surface area contributed by atoms with E-state index in [2.05, 4.69) is 5.10 Å². The second-order valence-corrected chi connectivity index (χ2v) is 8.44. The van der Waals surface area contributed by atoms with Gasteiger partial charge in [-0.1, -0.05) is 0 Å². The number of rotatable bonds is 1. The Kier molecular flexibility index (Phi) is 5.44. The molecule has 0 spiro atoms. The molecule has 140 valence electrons. The van der Waals surface area contributed by atoms with E-state index in [9.17, 15) is 9.59 Å². The van der Waals surface area contributed by atoms with Gasteiger partial charge in [0, 0.05) is 19.3 Å². The van der Waals surface area contributed by atoms with Crippen molar-refractivity contribution in [1.29, 1.82) is 0 Å². The van der Waals surface area contributed by atoms with Gasteiger partial charge < -0.3 is 14.4 Å². The Hall–Kier alpha value is -2.05. The number of likely N-dealkylation sites (tertiary alicyclic amines) is 1. The molecule has 2 heterocycles. The average Bonchev–Trinajstić information content (AvgIpc) is 2.93. The van der Waals surface area contributed by atoms with Crippen LogP contribution in [0, 0.1) is 0 Å². The molecule has 1 fully saturated rings. The molecular weight excluding hydrogens is 322 g/mol. The monoisotopic (exact) mass is 351 g/mol. The summed E-state index contributed by atoms with van der Waals surface area (Å²) < 4.78 is 12.0. The third kappa shape index (κ3) is 5.76. The zero-order chi connectivity index (χ0) is 18.8. The molecule has 2 rings (SSSR count). The van der Waals surface area contributed by atoms with E-state index in [-0.39, 0.29) is 12.0 Å². The van der Waals surface area contributed by atoms with Gasteiger partial charge in [0.05, 0.1) is 6.20 Å². The number of aromatic nitrogens is 2. The third-order valence-corrected chi connectivity index (χ3v) is 3.80. The molecule has 0 radical (unpaired) electrons. The van der Waals surface area contributed by atoms with E-state index < -0.39 is 17.3 Å². The van der Waals surface area contributed by atoms with Gasteiger partial charge in [-0.3, -0.25) is 0 Å². The van der Waals surface area contributed by atoms with Crippen LogP contribution in [-0.2, 0) is 9.47 Å². The predicted molar refractivity (Wildman–Crippen MR) is 93.6 cm³/mol. The summed E-state index contributed by atoms with van der Waals surface area (Å²) in [6.07, 6.45) is 4.32. The van der Waals surface area contributed by atoms with Crippen LogP contribution in [0.25, 0.3) is 0 Å². The highest BCUT2D eigenvalue weighted by Crippen LogP contribution is 2.28. The van der Waals surface area contributed by atoms with Crippen LogP contribution in [0.5, 0.6) is 0 Å². The van der Waals surface area contributed by atoms with E-state index in [1.54, 1.807) is 17.3 Å². The van der Waals surface area contributed by atoms with Crippen LogP contribution in [0.3, 0.4) is 0 Å². The second kappa shape index (κ2) is 7.06. The van der Waals surface area contributed by atoms with Crippen LogP contribution in [0.1, 0.15) is 65.9 Å². The fourth-order valence-corrected chi connectivity index (χ4v) is 2.68. The SMILES string of the molecule is CC(C)(C)OC(=O)N1CCC(c2cnn(C(=O)OC(C)(C)C)c2)CC1. The number of ether oxygens (including phenoxy) is 2. The highest BCUT2D eigenvalue weighted by molar-refractivity contribution is 5.70. The predicted octanol–water partition coefficient (Wildman–Crippen LogP) is 3.78. The Morgan fingerprint density at radius 2 is 1.52 bits per heavy atom. The van der Waals surface area contributed by atoms with Gasteiger partial charge in [0.2, 0.25) is 0 Å². The van der Waals surface area contributed by atoms with Gasteiger partial charge in [-0.15, -0.1) is 0 Å². The molecule has 1 amide bonds. The first kappa shape index (κ1) is 19.3. The molecule has 0 atom stereocenters. The number of amides is 1. The molecule has 1 aliphatic heterocycles. The molecule has 1 saturated heterocycles. The van der Waals surface area contributed by atoms with E-state index in [1.807, 2.05) is 41.5 Å². The van der Waals surface area contributed by atoms with E-state index in [0.29, 0.717) is 13.1 Å². The lowest BCUT2D eigenvalue weighted by atomic mass is 9.92. The molecule has 0 bridgehead atoms. The van der Waals surface area contributed by atoms with Crippen molar-refractivity contribution in [1.82, 2.24) is 14.7 Å². The Balaban J connectivity index is 1.91. The normalized spacial score (nSPS) is 16.6. The molecule has 25 heavy (non-hydrogen) atoms. The van der Waals surface area contributed by atoms with Crippen molar-refractivity contribution in [2.75, 3.05) is 13.1 Å². The Morgan fingerprint density at radius 3 is 2.04 bits per heavy atom. The summed E-state index contributed by atoms with van der Waals surface area (Å²) in [5.74, 6) is 0.273. The molecular formula is C18H29N3O4. The lowest BCUT2D eigenvalue weighted by molar-refractivity contribution is 0.0204. The van der Waals surface area contributed by atoms with Crippen molar-refractivity contribution in [3.63, 3.8) is 0 Å². The Bertz CT molecular complexity index is 617. The molecule has 0 saturated carbocycles. The summed E-state index contributed by atoms with van der Waals surface area (Å²) in [4.78, 5) is 25.9. The summed E-state index contributed by atoms with van der Waals surface area (Å²) in [6, 6.07) is 0. The molecule has 7 heteroatoms. The molecule has 1 aromatic heterocycles. The van der Waals surface area contributed by atoms with Crippen LogP contribution in [0.15, 0.2) is 12.4 Å². The van der Waals surface area contributed by atoms with Crippen molar-refractivity contribution >= 4 is 12.2 Å². The molecule has 1 aromatic rings. The molecule has 0 N–H and O–H groups in total. The Morgan fingerprint density at radius 1 is 1.00 bits per heavy atom. The van der Waals surface area contributed by atoms with Gasteiger partial charge in [0.25, 0.3) is 0 Å². The zero-order valence-corrected chi connectivity index (χ0v) is 16.0. The largest absolute Gasteiger partial charge is 0.444 e. The first-order chi connectivity index (χ1) is 11.4. The van der Waals surface area contributed by atoms with Crippen LogP contribution < -0.4 is 0 Å². The van der Waals surface area contributed by atoms with Crippen molar-refractivity contribution in [3.8, 4) is 0 Å². The average molecular weight is 351 g/mol. The maximum absolute atomic E-state index is 12.1. The smallest absolute Gasteiger partial charge is 0.435 e. The standard InChI is InChI=1S/C18H29N3O4/c1-17(2,3)24-15(22)20-9-7-13(8-10-20)14-11-19-21(12-14)16(23)25-18(4,5)6/h11-13H,7-10H2,1-6H3. The molecule has 1 aliphatic rings. The Labute approximate surface area is 149 Å². The van der Waals surface area contributed by atoms with Gasteiger partial charge in [-0.05, 0) is 65.9 Å². The molecule has 0 aliphatic carbocycles. The first-order valence-corrected chi connectivity index (χ1v) is 8.70. The van der Waals surface area contributed by atoms with Crippen molar-refractivity contribution in [2.45, 2.75) is 71.5 Å². The number of carbonyl (C=O) groups is 2. The third-order valence-electron chi connectivity index (χ3n) is 3.80. The lowest BCUT2D eigenvalue weighted by Gasteiger charge is -2.33. The number of hydrogen-bond donors (Lipinski definition) is 0. The topological polar surface area (TPSA) is 73.7 Å². The van der Waals surface area contributed by atoms with Crippen molar-refractivity contribution < 1.29 is 19.1 Å². The van der Waals surface area contributed by atoms with Gasteiger partial charge in [0.1, 0.15) is 11.2 Å². The van der Waals surface area contributed by atoms with Crippen LogP contribution in [0.2, 0.25) is 0 Å². The summed E-state index contributed by atoms with van der Waals surface area (Å²) >= 11 is 0. The first-order valence-electron chi connectivity index (χ1n) is 8.70. The zero-order valence-electron chi connectivity index (χ0n) is 16.0. The summed E-state index contributed by atoms with van der Waals surface area (Å²) in [6.45, 7) is 12.3. The van der Waals surface area contributed by atoms with Gasteiger partial charge >= 0.3 is 12.2 Å². The van der Waals surface area contributed by atoms with Gasteiger partial charge in [-0.25, -0.2) is 9.59 Å². The van der Waals surface area contributed by atoms with E-state index >= 15 is 0 Å². The van der Waals surface area contributed by atoms with Gasteiger partial charge in [-0.2, -0.15) is 9.78 Å². The highest BCUT2D eigenvalue weighted by Gasteiger charge is 2.28. The fraction of sp³-hybridized carbons (Fsp3) is 0.722. The number of carbonyl (C=O) groups excluding carboxylic acids is 2. The lowest BCUT2D eigenvalue weighted by Crippen LogP contribution is -2.41. The van der Waals surface area contributed by atoms with Gasteiger partial charge in [0.15, 0.2) is 0 Å². The minimum atomic E-state index is -0.554. The van der Waals surface area contributed by atoms with Crippen molar-refractivity contribution in [3.05, 3.63) is 18.0 Å². The number of hydrogen-bond acceptors (Lipinski definition) is 5. The maximum Gasteiger partial charge on any atom is 0.435 e. The summed E-state index contributed by atoms with van der Waals surface area (Å²) in [5.41, 5.74) is -0.0422. The number of piperidine rings is 1. The highest BCUT2D eigenvalue weighted by atomic mass is 16.6. The number of nitrogens with zero attached hydrogens (tertiary/aromatic N) is 3. The van der Waals surface area contributed by atoms with Crippen LogP contribution in [0.4, 0.5) is 9.59 Å². The summed E-state index contributed by atoms with van der Waals surface area (Å²) in [7, 11) is 0. The quantitative estimate of drug-likeness (QED) is 0.770. The molecule has 0 unspecified atom stereocenters. The minimum Gasteiger partial charge on any atom is -0.444 e. The summed E-state index contributed by atoms with van der Waals surface area (Å²) in [5, 5.41) is 4.11. The molecule has 7 nitrogen and oxygen atoms in total. The fourth-order valence-electron chi connectivity index (χ4n) is 2.68. The minimum absolute atomic E-state index is 0.268. The maximum atomic E-state index is 12.1. The van der Waals surface area contributed by atoms with E-state index in [0.717, 1.165) is 18.4 Å². The van der Waals surface area contributed by atoms with E-state index in [4.69, 9.17) is 9.47 Å². The van der Waals surface area contributed by atoms with E-state index in [1.165, 1.54) is 4.68 Å². The van der Waals surface area contributed by atoms with Crippen molar-refractivity contribution in [2.24, 2.45) is 0 Å². The molecule has 0 aromatic carbocycles. The second-order valence-electron chi connectivity index (χ2n) is 8.44.